The van der Waals surface area contributed by atoms with Crippen molar-refractivity contribution in [3.05, 3.63) is 71.9 Å². The summed E-state index contributed by atoms with van der Waals surface area (Å²) < 4.78 is 25.9. The van der Waals surface area contributed by atoms with Crippen molar-refractivity contribution in [1.82, 2.24) is 15.2 Å². The number of aromatic nitrogens is 1. The summed E-state index contributed by atoms with van der Waals surface area (Å²) in [7, 11) is -3.56. The summed E-state index contributed by atoms with van der Waals surface area (Å²) in [6.07, 6.45) is 1.60. The number of hydrogen-bond donors (Lipinski definition) is 1. The van der Waals surface area contributed by atoms with Crippen LogP contribution in [0.25, 0.3) is 10.9 Å². The maximum atomic E-state index is 13.0. The highest BCUT2D eigenvalue weighted by Crippen LogP contribution is 2.24. The van der Waals surface area contributed by atoms with Gasteiger partial charge in [-0.3, -0.25) is 9.78 Å². The number of nitrogens with zero attached hydrogens (tertiary/aromatic N) is 2. The van der Waals surface area contributed by atoms with Gasteiger partial charge < -0.3 is 10.2 Å². The van der Waals surface area contributed by atoms with E-state index in [0.717, 1.165) is 18.5 Å². The number of piperazine rings is 1. The Bertz CT molecular complexity index is 1100. The molecule has 1 saturated heterocycles. The molecule has 7 heteroatoms. The number of carbonyl (C=O) groups excluding carboxylic acids is 1. The fourth-order valence-electron chi connectivity index (χ4n) is 3.42. The minimum absolute atomic E-state index is 0.0193. The maximum Gasteiger partial charge on any atom is 0.253 e. The molecule has 0 atom stereocenters. The number of carbonyl (C=O) groups is 1. The molecule has 1 aliphatic heterocycles. The minimum atomic E-state index is -3.56. The predicted molar refractivity (Wildman–Crippen MR) is 108 cm³/mol. The number of amides is 1. The first-order valence-corrected chi connectivity index (χ1v) is 10.9. The molecule has 1 aliphatic rings. The van der Waals surface area contributed by atoms with Crippen LogP contribution in [-0.2, 0) is 15.6 Å². The highest BCUT2D eigenvalue weighted by molar-refractivity contribution is 7.90. The molecule has 0 bridgehead atoms. The van der Waals surface area contributed by atoms with Crippen LogP contribution in [0.4, 0.5) is 0 Å². The van der Waals surface area contributed by atoms with Gasteiger partial charge in [0.1, 0.15) is 0 Å². The molecule has 0 unspecified atom stereocenters. The second-order valence-electron chi connectivity index (χ2n) is 6.83. The lowest BCUT2D eigenvalue weighted by atomic mass is 10.1. The summed E-state index contributed by atoms with van der Waals surface area (Å²) in [5, 5.41) is 4.01. The van der Waals surface area contributed by atoms with E-state index in [0.29, 0.717) is 29.7 Å². The largest absolute Gasteiger partial charge is 0.336 e. The molecule has 1 amide bonds. The summed E-state index contributed by atoms with van der Waals surface area (Å²) in [4.78, 5) is 18.8. The molecule has 3 aromatic rings. The molecule has 1 aromatic heterocycles. The Kier molecular flexibility index (Phi) is 5.11. The van der Waals surface area contributed by atoms with Gasteiger partial charge in [-0.15, -0.1) is 0 Å². The van der Waals surface area contributed by atoms with Gasteiger partial charge in [0.2, 0.25) is 0 Å². The third kappa shape index (κ3) is 3.76. The monoisotopic (exact) mass is 395 g/mol. The minimum Gasteiger partial charge on any atom is -0.336 e. The van der Waals surface area contributed by atoms with Gasteiger partial charge in [0.25, 0.3) is 5.91 Å². The molecule has 4 rings (SSSR count). The second-order valence-corrected chi connectivity index (χ2v) is 8.79. The molecule has 0 radical (unpaired) electrons. The van der Waals surface area contributed by atoms with Gasteiger partial charge in [-0.1, -0.05) is 30.3 Å². The van der Waals surface area contributed by atoms with Crippen molar-refractivity contribution in [3.63, 3.8) is 0 Å². The standard InChI is InChI=1S/C21H21N3O3S/c25-21(24-13-11-22-12-14-24)18-8-6-16(7-9-18)15-28(26,27)19-5-1-3-17-4-2-10-23-20(17)19/h1-10,22H,11-15H2. The number of pyridine rings is 1. The van der Waals surface area contributed by atoms with Crippen LogP contribution >= 0.6 is 0 Å². The van der Waals surface area contributed by atoms with Gasteiger partial charge in [0, 0.05) is 43.3 Å². The quantitative estimate of drug-likeness (QED) is 0.733. The lowest BCUT2D eigenvalue weighted by Crippen LogP contribution is -2.46. The molecule has 2 aromatic carbocycles. The molecule has 28 heavy (non-hydrogen) atoms. The van der Waals surface area contributed by atoms with E-state index < -0.39 is 9.84 Å². The molecule has 6 nitrogen and oxygen atoms in total. The highest BCUT2D eigenvalue weighted by atomic mass is 32.2. The van der Waals surface area contributed by atoms with E-state index >= 15 is 0 Å². The van der Waals surface area contributed by atoms with E-state index in [4.69, 9.17) is 0 Å². The lowest BCUT2D eigenvalue weighted by Gasteiger charge is -2.27. The number of nitrogens with one attached hydrogen (secondary N) is 1. The molecular weight excluding hydrogens is 374 g/mol. The Morgan fingerprint density at radius 1 is 1.00 bits per heavy atom. The smallest absolute Gasteiger partial charge is 0.253 e. The summed E-state index contributed by atoms with van der Waals surface area (Å²) in [5.41, 5.74) is 1.70. The fourth-order valence-corrected chi connectivity index (χ4v) is 4.96. The van der Waals surface area contributed by atoms with Crippen LogP contribution < -0.4 is 5.32 Å². The molecule has 1 N–H and O–H groups in total. The number of fused-ring (bicyclic) bond motifs is 1. The van der Waals surface area contributed by atoms with Gasteiger partial charge in [-0.2, -0.15) is 0 Å². The van der Waals surface area contributed by atoms with Gasteiger partial charge in [0.15, 0.2) is 9.84 Å². The van der Waals surface area contributed by atoms with E-state index in [1.807, 2.05) is 17.0 Å². The van der Waals surface area contributed by atoms with Crippen LogP contribution in [0.15, 0.2) is 65.7 Å². The SMILES string of the molecule is O=C(c1ccc(CS(=O)(=O)c2cccc3cccnc23)cc1)N1CCNCC1. The number of sulfone groups is 1. The zero-order chi connectivity index (χ0) is 19.6. The highest BCUT2D eigenvalue weighted by Gasteiger charge is 2.21. The van der Waals surface area contributed by atoms with Crippen molar-refractivity contribution in [2.75, 3.05) is 26.2 Å². The second kappa shape index (κ2) is 7.69. The van der Waals surface area contributed by atoms with Crippen LogP contribution in [0.2, 0.25) is 0 Å². The average molecular weight is 395 g/mol. The Labute approximate surface area is 164 Å². The third-order valence-corrected chi connectivity index (χ3v) is 6.61. The third-order valence-electron chi connectivity index (χ3n) is 4.89. The normalized spacial score (nSPS) is 14.9. The molecule has 0 saturated carbocycles. The lowest BCUT2D eigenvalue weighted by molar-refractivity contribution is 0.0736. The first-order valence-electron chi connectivity index (χ1n) is 9.20. The van der Waals surface area contributed by atoms with Crippen molar-refractivity contribution in [2.24, 2.45) is 0 Å². The fraction of sp³-hybridized carbons (Fsp3) is 0.238. The average Bonchev–Trinajstić information content (AvgIpc) is 2.74. The Balaban J connectivity index is 1.56. The maximum absolute atomic E-state index is 13.0. The van der Waals surface area contributed by atoms with E-state index in [9.17, 15) is 13.2 Å². The molecule has 1 fully saturated rings. The van der Waals surface area contributed by atoms with Crippen LogP contribution in [-0.4, -0.2) is 50.4 Å². The van der Waals surface area contributed by atoms with Crippen LogP contribution in [0.3, 0.4) is 0 Å². The summed E-state index contributed by atoms with van der Waals surface area (Å²) in [6, 6.07) is 15.6. The summed E-state index contributed by atoms with van der Waals surface area (Å²) >= 11 is 0. The number of hydrogen-bond acceptors (Lipinski definition) is 5. The number of rotatable bonds is 4. The molecule has 0 aliphatic carbocycles. The summed E-state index contributed by atoms with van der Waals surface area (Å²) in [5.74, 6) is -0.153. The molecule has 0 spiro atoms. The van der Waals surface area contributed by atoms with Gasteiger partial charge in [0.05, 0.1) is 16.2 Å². The van der Waals surface area contributed by atoms with E-state index in [1.54, 1.807) is 48.7 Å². The van der Waals surface area contributed by atoms with Gasteiger partial charge >= 0.3 is 0 Å². The van der Waals surface area contributed by atoms with Crippen LogP contribution in [0.5, 0.6) is 0 Å². The van der Waals surface area contributed by atoms with Crippen molar-refractivity contribution in [2.45, 2.75) is 10.6 Å². The van der Waals surface area contributed by atoms with Crippen LogP contribution in [0, 0.1) is 0 Å². The van der Waals surface area contributed by atoms with Gasteiger partial charge in [-0.05, 0) is 29.8 Å². The number of benzene rings is 2. The van der Waals surface area contributed by atoms with Crippen molar-refractivity contribution in [3.8, 4) is 0 Å². The van der Waals surface area contributed by atoms with E-state index in [-0.39, 0.29) is 16.6 Å². The molecule has 144 valence electrons. The Morgan fingerprint density at radius 2 is 1.71 bits per heavy atom. The van der Waals surface area contributed by atoms with Crippen LogP contribution in [0.1, 0.15) is 15.9 Å². The van der Waals surface area contributed by atoms with Crippen molar-refractivity contribution >= 4 is 26.6 Å². The Hall–Kier alpha value is -2.77. The Morgan fingerprint density at radius 3 is 2.46 bits per heavy atom. The van der Waals surface area contributed by atoms with Crippen molar-refractivity contribution in [1.29, 1.82) is 0 Å². The summed E-state index contributed by atoms with van der Waals surface area (Å²) in [6.45, 7) is 2.95. The van der Waals surface area contributed by atoms with Crippen molar-refractivity contribution < 1.29 is 13.2 Å². The molecule has 2 heterocycles. The first kappa shape index (κ1) is 18.6. The topological polar surface area (TPSA) is 79.4 Å². The van der Waals surface area contributed by atoms with E-state index in [1.165, 1.54) is 0 Å². The van der Waals surface area contributed by atoms with E-state index in [2.05, 4.69) is 10.3 Å². The van der Waals surface area contributed by atoms with Gasteiger partial charge in [-0.25, -0.2) is 8.42 Å². The first-order chi connectivity index (χ1) is 13.5. The predicted octanol–water partition coefficient (Wildman–Crippen LogP) is 2.25. The molecular formula is C21H21N3O3S. The zero-order valence-corrected chi connectivity index (χ0v) is 16.2. The zero-order valence-electron chi connectivity index (χ0n) is 15.3. The number of para-hydroxylation sites is 1.